The molecule has 1 aromatic heterocycles. The Morgan fingerprint density at radius 2 is 2.06 bits per heavy atom. The number of amides is 2. The third kappa shape index (κ3) is 4.75. The predicted molar refractivity (Wildman–Crippen MR) is 123 cm³/mol. The molecule has 1 aliphatic rings. The second-order valence-electron chi connectivity index (χ2n) is 8.17. The van der Waals surface area contributed by atoms with Gasteiger partial charge in [-0.05, 0) is 43.0 Å². The molecule has 2 amide bonds. The molecule has 3 aromatic rings. The van der Waals surface area contributed by atoms with Crippen LogP contribution in [0.25, 0.3) is 10.9 Å². The molecule has 0 aliphatic carbocycles. The molecule has 2 aromatic carbocycles. The Bertz CT molecular complexity index is 1080. The predicted octanol–water partition coefficient (Wildman–Crippen LogP) is 2.38. The van der Waals surface area contributed by atoms with Gasteiger partial charge in [0.25, 0.3) is 5.91 Å². The fraction of sp³-hybridized carbons (Fsp3) is 0.375. The quantitative estimate of drug-likeness (QED) is 0.455. The molecule has 0 bridgehead atoms. The molecule has 1 fully saturated rings. The van der Waals surface area contributed by atoms with Gasteiger partial charge in [0.15, 0.2) is 5.69 Å². The van der Waals surface area contributed by atoms with Crippen molar-refractivity contribution in [1.29, 1.82) is 0 Å². The number of aliphatic hydroxyl groups is 1. The number of fused-ring (bicyclic) bond motifs is 1. The summed E-state index contributed by atoms with van der Waals surface area (Å²) in [5.41, 5.74) is 3.03. The first kappa shape index (κ1) is 21.8. The largest absolute Gasteiger partial charge is 0.388 e. The smallest absolute Gasteiger partial charge is 0.272 e. The van der Waals surface area contributed by atoms with E-state index in [0.29, 0.717) is 25.2 Å². The highest BCUT2D eigenvalue weighted by Gasteiger charge is 2.26. The van der Waals surface area contributed by atoms with Gasteiger partial charge in [-0.1, -0.05) is 30.3 Å². The molecule has 0 radical (unpaired) electrons. The van der Waals surface area contributed by atoms with Gasteiger partial charge in [0.2, 0.25) is 5.91 Å². The van der Waals surface area contributed by atoms with Crippen LogP contribution in [0.3, 0.4) is 0 Å². The number of aromatic amines is 1. The SMILES string of the molecule is CNC(=O)c1n[nH]c2cc(N3CCCC(C(=O)NCCC(O)c4ccccc4)C3)ccc12. The van der Waals surface area contributed by atoms with E-state index in [1.807, 2.05) is 48.5 Å². The van der Waals surface area contributed by atoms with Crippen molar-refractivity contribution in [1.82, 2.24) is 20.8 Å². The zero-order valence-electron chi connectivity index (χ0n) is 18.2. The van der Waals surface area contributed by atoms with E-state index in [-0.39, 0.29) is 17.7 Å². The van der Waals surface area contributed by atoms with Gasteiger partial charge in [0, 0.05) is 37.8 Å². The van der Waals surface area contributed by atoms with Crippen molar-refractivity contribution in [2.45, 2.75) is 25.4 Å². The molecule has 4 N–H and O–H groups in total. The number of hydrogen-bond acceptors (Lipinski definition) is 5. The van der Waals surface area contributed by atoms with Gasteiger partial charge in [0.1, 0.15) is 0 Å². The van der Waals surface area contributed by atoms with Crippen molar-refractivity contribution in [3.05, 3.63) is 59.8 Å². The van der Waals surface area contributed by atoms with Crippen molar-refractivity contribution in [2.24, 2.45) is 5.92 Å². The number of nitrogens with one attached hydrogen (secondary N) is 3. The van der Waals surface area contributed by atoms with Gasteiger partial charge >= 0.3 is 0 Å². The number of carbonyl (C=O) groups is 2. The number of benzene rings is 2. The number of hydrogen-bond donors (Lipinski definition) is 4. The molecule has 0 saturated carbocycles. The lowest BCUT2D eigenvalue weighted by atomic mass is 9.96. The summed E-state index contributed by atoms with van der Waals surface area (Å²) in [6.45, 7) is 1.95. The van der Waals surface area contributed by atoms with E-state index in [1.165, 1.54) is 0 Å². The number of piperidine rings is 1. The van der Waals surface area contributed by atoms with E-state index in [1.54, 1.807) is 7.05 Å². The molecular weight excluding hydrogens is 406 g/mol. The minimum absolute atomic E-state index is 0.0273. The van der Waals surface area contributed by atoms with Gasteiger partial charge in [-0.3, -0.25) is 14.7 Å². The summed E-state index contributed by atoms with van der Waals surface area (Å²) in [4.78, 5) is 26.9. The monoisotopic (exact) mass is 435 g/mol. The first-order valence-electron chi connectivity index (χ1n) is 11.0. The maximum absolute atomic E-state index is 12.7. The first-order chi connectivity index (χ1) is 15.6. The molecule has 32 heavy (non-hydrogen) atoms. The van der Waals surface area contributed by atoms with E-state index < -0.39 is 6.10 Å². The molecule has 8 nitrogen and oxygen atoms in total. The fourth-order valence-corrected chi connectivity index (χ4v) is 4.24. The van der Waals surface area contributed by atoms with Crippen LogP contribution in [0, 0.1) is 5.92 Å². The summed E-state index contributed by atoms with van der Waals surface area (Å²) in [5, 5.41) is 23.7. The molecule has 0 spiro atoms. The number of aromatic nitrogens is 2. The highest BCUT2D eigenvalue weighted by Crippen LogP contribution is 2.27. The summed E-state index contributed by atoms with van der Waals surface area (Å²) in [6.07, 6.45) is 1.67. The molecule has 1 saturated heterocycles. The van der Waals surface area contributed by atoms with Gasteiger partial charge < -0.3 is 20.6 Å². The van der Waals surface area contributed by atoms with E-state index in [9.17, 15) is 14.7 Å². The molecular formula is C24H29N5O3. The fourth-order valence-electron chi connectivity index (χ4n) is 4.24. The second-order valence-corrected chi connectivity index (χ2v) is 8.17. The maximum atomic E-state index is 12.7. The third-order valence-corrected chi connectivity index (χ3v) is 6.05. The van der Waals surface area contributed by atoms with Crippen LogP contribution in [0.2, 0.25) is 0 Å². The summed E-state index contributed by atoms with van der Waals surface area (Å²) in [7, 11) is 1.58. The highest BCUT2D eigenvalue weighted by atomic mass is 16.3. The van der Waals surface area contributed by atoms with Crippen LogP contribution in [-0.4, -0.2) is 53.8 Å². The zero-order valence-corrected chi connectivity index (χ0v) is 18.2. The van der Waals surface area contributed by atoms with Crippen molar-refractivity contribution < 1.29 is 14.7 Å². The Labute approximate surface area is 187 Å². The summed E-state index contributed by atoms with van der Waals surface area (Å²) < 4.78 is 0. The average Bonchev–Trinajstić information content (AvgIpc) is 3.27. The van der Waals surface area contributed by atoms with Crippen LogP contribution in [0.5, 0.6) is 0 Å². The number of rotatable bonds is 7. The van der Waals surface area contributed by atoms with Crippen molar-refractivity contribution in [2.75, 3.05) is 31.6 Å². The third-order valence-electron chi connectivity index (χ3n) is 6.05. The summed E-state index contributed by atoms with van der Waals surface area (Å²) in [5.74, 6) is -0.299. The number of anilines is 1. The molecule has 4 rings (SSSR count). The summed E-state index contributed by atoms with van der Waals surface area (Å²) in [6, 6.07) is 15.3. The molecule has 2 heterocycles. The topological polar surface area (TPSA) is 110 Å². The van der Waals surface area contributed by atoms with E-state index in [0.717, 1.165) is 41.5 Å². The van der Waals surface area contributed by atoms with E-state index in [4.69, 9.17) is 0 Å². The van der Waals surface area contributed by atoms with Gasteiger partial charge in [-0.25, -0.2) is 0 Å². The van der Waals surface area contributed by atoms with E-state index in [2.05, 4.69) is 25.7 Å². The molecule has 2 unspecified atom stereocenters. The van der Waals surface area contributed by atoms with Gasteiger partial charge in [0.05, 0.1) is 17.5 Å². The Kier molecular flexibility index (Phi) is 6.70. The average molecular weight is 436 g/mol. The second kappa shape index (κ2) is 9.82. The van der Waals surface area contributed by atoms with Crippen LogP contribution >= 0.6 is 0 Å². The highest BCUT2D eigenvalue weighted by molar-refractivity contribution is 6.05. The minimum Gasteiger partial charge on any atom is -0.388 e. The first-order valence-corrected chi connectivity index (χ1v) is 11.0. The van der Waals surface area contributed by atoms with Crippen LogP contribution in [0.4, 0.5) is 5.69 Å². The van der Waals surface area contributed by atoms with Gasteiger partial charge in [-0.15, -0.1) is 0 Å². The van der Waals surface area contributed by atoms with Crippen LogP contribution in [0.15, 0.2) is 48.5 Å². The Morgan fingerprint density at radius 1 is 1.25 bits per heavy atom. The Hall–Kier alpha value is -3.39. The Morgan fingerprint density at radius 3 is 2.84 bits per heavy atom. The van der Waals surface area contributed by atoms with Crippen molar-refractivity contribution in [3.63, 3.8) is 0 Å². The normalized spacial score (nSPS) is 17.2. The van der Waals surface area contributed by atoms with Crippen LogP contribution in [0.1, 0.15) is 41.4 Å². The minimum atomic E-state index is -0.583. The maximum Gasteiger partial charge on any atom is 0.272 e. The number of carbonyl (C=O) groups excluding carboxylic acids is 2. The molecule has 1 aliphatic heterocycles. The zero-order chi connectivity index (χ0) is 22.5. The summed E-state index contributed by atoms with van der Waals surface area (Å²) >= 11 is 0. The van der Waals surface area contributed by atoms with Crippen LogP contribution in [-0.2, 0) is 4.79 Å². The van der Waals surface area contributed by atoms with Crippen molar-refractivity contribution >= 4 is 28.4 Å². The van der Waals surface area contributed by atoms with Crippen LogP contribution < -0.4 is 15.5 Å². The Balaban J connectivity index is 1.34. The number of aliphatic hydroxyl groups excluding tert-OH is 1. The van der Waals surface area contributed by atoms with E-state index >= 15 is 0 Å². The lowest BCUT2D eigenvalue weighted by molar-refractivity contribution is -0.125. The lowest BCUT2D eigenvalue weighted by Crippen LogP contribution is -2.43. The standard InChI is InChI=1S/C24H29N5O3/c1-25-24(32)22-19-10-9-18(14-20(19)27-28-22)29-13-5-8-17(15-29)23(31)26-12-11-21(30)16-6-3-2-4-7-16/h2-4,6-7,9-10,14,17,21,30H,5,8,11-13,15H2,1H3,(H,25,32)(H,26,31)(H,27,28). The van der Waals surface area contributed by atoms with Crippen molar-refractivity contribution in [3.8, 4) is 0 Å². The number of nitrogens with zero attached hydrogens (tertiary/aromatic N) is 2. The molecule has 8 heteroatoms. The number of H-pyrrole nitrogens is 1. The van der Waals surface area contributed by atoms with Gasteiger partial charge in [-0.2, -0.15) is 5.10 Å². The molecule has 168 valence electrons. The lowest BCUT2D eigenvalue weighted by Gasteiger charge is -2.33. The molecule has 2 atom stereocenters.